The van der Waals surface area contributed by atoms with Crippen LogP contribution >= 0.6 is 0 Å². The molecule has 0 aliphatic carbocycles. The van der Waals surface area contributed by atoms with E-state index in [0.717, 1.165) is 23.4 Å². The van der Waals surface area contributed by atoms with E-state index in [1.807, 2.05) is 12.1 Å². The van der Waals surface area contributed by atoms with Crippen LogP contribution in [0, 0.1) is 6.92 Å². The van der Waals surface area contributed by atoms with Gasteiger partial charge in [0.05, 0.1) is 0 Å². The average Bonchev–Trinajstić information content (AvgIpc) is 2.33. The molecule has 0 aromatic heterocycles. The molecule has 0 bridgehead atoms. The Bertz CT molecular complexity index is 503. The second-order valence-electron chi connectivity index (χ2n) is 4.11. The summed E-state index contributed by atoms with van der Waals surface area (Å²) in [5.74, 6) is 0.299. The summed E-state index contributed by atoms with van der Waals surface area (Å²) in [7, 11) is 0. The minimum Gasteiger partial charge on any atom is -0.508 e. The van der Waals surface area contributed by atoms with Gasteiger partial charge in [0.15, 0.2) is 0 Å². The predicted octanol–water partition coefficient (Wildman–Crippen LogP) is 3.80. The van der Waals surface area contributed by atoms with Crippen LogP contribution in [0.1, 0.15) is 12.5 Å². The number of hydrogen-bond donors (Lipinski definition) is 2. The lowest BCUT2D eigenvalue weighted by Gasteiger charge is -2.10. The zero-order valence-corrected chi connectivity index (χ0v) is 10.2. The molecule has 0 radical (unpaired) electrons. The molecule has 2 heteroatoms. The number of anilines is 1. The van der Waals surface area contributed by atoms with Gasteiger partial charge in [0.1, 0.15) is 5.75 Å². The molecule has 0 spiro atoms. The molecule has 2 N–H and O–H groups in total. The zero-order chi connectivity index (χ0) is 12.3. The third-order valence-corrected chi connectivity index (χ3v) is 2.81. The molecule has 0 fully saturated rings. The van der Waals surface area contributed by atoms with Gasteiger partial charge in [-0.2, -0.15) is 0 Å². The monoisotopic (exact) mass is 227 g/mol. The third-order valence-electron chi connectivity index (χ3n) is 2.81. The van der Waals surface area contributed by atoms with Crippen LogP contribution in [-0.4, -0.2) is 11.7 Å². The molecule has 0 amide bonds. The highest BCUT2D eigenvalue weighted by molar-refractivity contribution is 5.70. The van der Waals surface area contributed by atoms with Crippen molar-refractivity contribution in [2.24, 2.45) is 0 Å². The van der Waals surface area contributed by atoms with Gasteiger partial charge in [-0.3, -0.25) is 0 Å². The summed E-state index contributed by atoms with van der Waals surface area (Å²) in [5.41, 5.74) is 4.68. The first-order chi connectivity index (χ1) is 8.20. The highest BCUT2D eigenvalue weighted by Gasteiger charge is 2.02. The Kier molecular flexibility index (Phi) is 3.33. The Balaban J connectivity index is 2.39. The van der Waals surface area contributed by atoms with Crippen LogP contribution in [0.2, 0.25) is 0 Å². The van der Waals surface area contributed by atoms with Crippen molar-refractivity contribution in [3.8, 4) is 16.9 Å². The van der Waals surface area contributed by atoms with Crippen LogP contribution in [0.25, 0.3) is 11.1 Å². The first-order valence-corrected chi connectivity index (χ1v) is 5.84. The summed E-state index contributed by atoms with van der Waals surface area (Å²) in [4.78, 5) is 0. The van der Waals surface area contributed by atoms with Gasteiger partial charge in [0.2, 0.25) is 0 Å². The molecule has 0 heterocycles. The number of hydrogen-bond acceptors (Lipinski definition) is 2. The number of aryl methyl sites for hydroxylation is 1. The molecule has 0 unspecified atom stereocenters. The van der Waals surface area contributed by atoms with Crippen LogP contribution < -0.4 is 5.32 Å². The summed E-state index contributed by atoms with van der Waals surface area (Å²) >= 11 is 0. The Morgan fingerprint density at radius 1 is 1.00 bits per heavy atom. The number of benzene rings is 2. The van der Waals surface area contributed by atoms with Crippen LogP contribution in [0.3, 0.4) is 0 Å². The Labute approximate surface area is 102 Å². The van der Waals surface area contributed by atoms with E-state index in [1.165, 1.54) is 5.56 Å². The second-order valence-corrected chi connectivity index (χ2v) is 4.11. The lowest BCUT2D eigenvalue weighted by atomic mass is 10.0. The van der Waals surface area contributed by atoms with Crippen molar-refractivity contribution in [2.75, 3.05) is 11.9 Å². The normalized spacial score (nSPS) is 10.2. The molecule has 88 valence electrons. The van der Waals surface area contributed by atoms with Gasteiger partial charge in [-0.1, -0.05) is 24.3 Å². The highest BCUT2D eigenvalue weighted by atomic mass is 16.3. The fourth-order valence-corrected chi connectivity index (χ4v) is 1.84. The van der Waals surface area contributed by atoms with Crippen LogP contribution in [-0.2, 0) is 0 Å². The zero-order valence-electron chi connectivity index (χ0n) is 10.2. The topological polar surface area (TPSA) is 32.3 Å². The van der Waals surface area contributed by atoms with Crippen LogP contribution in [0.4, 0.5) is 5.69 Å². The van der Waals surface area contributed by atoms with E-state index < -0.39 is 0 Å². The highest BCUT2D eigenvalue weighted by Crippen LogP contribution is 2.26. The minimum atomic E-state index is 0.299. The lowest BCUT2D eigenvalue weighted by Crippen LogP contribution is -1.98. The quantitative estimate of drug-likeness (QED) is 0.836. The number of phenolic OH excluding ortho intramolecular Hbond substituents is 1. The van der Waals surface area contributed by atoms with Gasteiger partial charge < -0.3 is 10.4 Å². The van der Waals surface area contributed by atoms with Crippen molar-refractivity contribution in [1.29, 1.82) is 0 Å². The minimum absolute atomic E-state index is 0.299. The molecular weight excluding hydrogens is 210 g/mol. The smallest absolute Gasteiger partial charge is 0.115 e. The molecular formula is C15H17NO. The summed E-state index contributed by atoms with van der Waals surface area (Å²) in [6.07, 6.45) is 0. The first-order valence-electron chi connectivity index (χ1n) is 5.84. The van der Waals surface area contributed by atoms with Gasteiger partial charge in [0, 0.05) is 12.2 Å². The number of nitrogens with one attached hydrogen (secondary N) is 1. The standard InChI is InChI=1S/C15H17NO/c1-3-16-15-10-13(5-4-11(15)2)12-6-8-14(17)9-7-12/h4-10,16-17H,3H2,1-2H3. The number of phenols is 1. The van der Waals surface area contributed by atoms with E-state index in [1.54, 1.807) is 12.1 Å². The van der Waals surface area contributed by atoms with E-state index >= 15 is 0 Å². The van der Waals surface area contributed by atoms with Gasteiger partial charge in [-0.25, -0.2) is 0 Å². The molecule has 2 aromatic carbocycles. The summed E-state index contributed by atoms with van der Waals surface area (Å²) in [6.45, 7) is 5.10. The lowest BCUT2D eigenvalue weighted by molar-refractivity contribution is 0.475. The van der Waals surface area contributed by atoms with E-state index in [4.69, 9.17) is 0 Å². The number of rotatable bonds is 3. The second kappa shape index (κ2) is 4.91. The molecule has 2 nitrogen and oxygen atoms in total. The van der Waals surface area contributed by atoms with E-state index in [2.05, 4.69) is 37.4 Å². The molecule has 17 heavy (non-hydrogen) atoms. The SMILES string of the molecule is CCNc1cc(-c2ccc(O)cc2)ccc1C. The molecule has 2 aromatic rings. The fraction of sp³-hybridized carbons (Fsp3) is 0.200. The average molecular weight is 227 g/mol. The van der Waals surface area contributed by atoms with Crippen molar-refractivity contribution in [3.05, 3.63) is 48.0 Å². The van der Waals surface area contributed by atoms with Crippen LogP contribution in [0.5, 0.6) is 5.75 Å². The Hall–Kier alpha value is -1.96. The Morgan fingerprint density at radius 2 is 1.65 bits per heavy atom. The fourth-order valence-electron chi connectivity index (χ4n) is 1.84. The van der Waals surface area contributed by atoms with Crippen molar-refractivity contribution in [2.45, 2.75) is 13.8 Å². The maximum absolute atomic E-state index is 9.27. The van der Waals surface area contributed by atoms with Gasteiger partial charge >= 0.3 is 0 Å². The first kappa shape index (κ1) is 11.5. The largest absolute Gasteiger partial charge is 0.508 e. The van der Waals surface area contributed by atoms with Crippen molar-refractivity contribution >= 4 is 5.69 Å². The van der Waals surface area contributed by atoms with Crippen LogP contribution in [0.15, 0.2) is 42.5 Å². The Morgan fingerprint density at radius 3 is 2.29 bits per heavy atom. The third kappa shape index (κ3) is 2.59. The van der Waals surface area contributed by atoms with Crippen molar-refractivity contribution < 1.29 is 5.11 Å². The molecule has 0 aliphatic rings. The van der Waals surface area contributed by atoms with Gasteiger partial charge in [-0.15, -0.1) is 0 Å². The summed E-state index contributed by atoms with van der Waals surface area (Å²) in [6, 6.07) is 13.6. The maximum atomic E-state index is 9.27. The van der Waals surface area contributed by atoms with Crippen molar-refractivity contribution in [1.82, 2.24) is 0 Å². The van der Waals surface area contributed by atoms with E-state index in [0.29, 0.717) is 5.75 Å². The molecule has 0 atom stereocenters. The number of aromatic hydroxyl groups is 1. The van der Waals surface area contributed by atoms with E-state index in [-0.39, 0.29) is 0 Å². The molecule has 0 aliphatic heterocycles. The van der Waals surface area contributed by atoms with Gasteiger partial charge in [-0.05, 0) is 48.7 Å². The predicted molar refractivity (Wildman–Crippen MR) is 72.4 cm³/mol. The van der Waals surface area contributed by atoms with Crippen molar-refractivity contribution in [3.63, 3.8) is 0 Å². The maximum Gasteiger partial charge on any atom is 0.115 e. The molecule has 0 saturated heterocycles. The summed E-state index contributed by atoms with van der Waals surface area (Å²) in [5, 5.41) is 12.6. The molecule has 0 saturated carbocycles. The molecule has 2 rings (SSSR count). The summed E-state index contributed by atoms with van der Waals surface area (Å²) < 4.78 is 0. The van der Waals surface area contributed by atoms with Gasteiger partial charge in [0.25, 0.3) is 0 Å². The van der Waals surface area contributed by atoms with E-state index in [9.17, 15) is 5.11 Å².